The number of aromatic nitrogens is 2. The van der Waals surface area contributed by atoms with Crippen LogP contribution < -0.4 is 4.57 Å². The van der Waals surface area contributed by atoms with E-state index in [0.717, 1.165) is 12.1 Å². The normalized spacial score (nSPS) is 10.5. The molecule has 78 valence electrons. The van der Waals surface area contributed by atoms with Crippen LogP contribution in [0.3, 0.4) is 0 Å². The molecule has 1 heterocycles. The topological polar surface area (TPSA) is 8.81 Å². The van der Waals surface area contributed by atoms with Crippen molar-refractivity contribution < 1.29 is 8.96 Å². The molecule has 0 unspecified atom stereocenters. The van der Waals surface area contributed by atoms with E-state index in [0.29, 0.717) is 0 Å². The highest BCUT2D eigenvalue weighted by Gasteiger charge is 2.01. The van der Waals surface area contributed by atoms with Gasteiger partial charge >= 0.3 is 0 Å². The summed E-state index contributed by atoms with van der Waals surface area (Å²) >= 11 is 0. The summed E-state index contributed by atoms with van der Waals surface area (Å²) in [6.45, 7) is 0.437. The van der Waals surface area contributed by atoms with Crippen LogP contribution in [0.1, 0.15) is 11.1 Å². The molecule has 0 spiro atoms. The van der Waals surface area contributed by atoms with Crippen molar-refractivity contribution in [1.82, 2.24) is 4.57 Å². The Morgan fingerprint density at radius 3 is 2.40 bits per heavy atom. The summed E-state index contributed by atoms with van der Waals surface area (Å²) in [6.07, 6.45) is 6.03. The fraction of sp³-hybridized carbons (Fsp3) is 0.250. The van der Waals surface area contributed by atoms with Crippen LogP contribution in [0.25, 0.3) is 0 Å². The van der Waals surface area contributed by atoms with Crippen molar-refractivity contribution >= 4 is 0 Å². The molecule has 0 N–H and O–H groups in total. The second-order valence-electron chi connectivity index (χ2n) is 3.70. The van der Waals surface area contributed by atoms with Crippen molar-refractivity contribution in [1.29, 1.82) is 0 Å². The summed E-state index contributed by atoms with van der Waals surface area (Å²) < 4.78 is 16.4. The number of nitrogens with zero attached hydrogens (tertiary/aromatic N) is 2. The minimum atomic E-state index is -0.390. The van der Waals surface area contributed by atoms with Gasteiger partial charge in [0.15, 0.2) is 0 Å². The van der Waals surface area contributed by atoms with Gasteiger partial charge in [0.25, 0.3) is 0 Å². The highest BCUT2D eigenvalue weighted by atomic mass is 19.1. The Balaban J connectivity index is 2.11. The lowest BCUT2D eigenvalue weighted by atomic mass is 10.1. The third kappa shape index (κ3) is 2.43. The first kappa shape index (κ1) is 9.90. The Morgan fingerprint density at radius 2 is 1.87 bits per heavy atom. The molecule has 0 atom stereocenters. The van der Waals surface area contributed by atoms with Gasteiger partial charge in [-0.25, -0.2) is 13.5 Å². The monoisotopic (exact) mass is 205 g/mol. The average molecular weight is 205 g/mol. The molecule has 0 bridgehead atoms. The number of hydrogen-bond acceptors (Lipinski definition) is 0. The molecule has 15 heavy (non-hydrogen) atoms. The smallest absolute Gasteiger partial charge is 0.243 e. The average Bonchev–Trinajstić information content (AvgIpc) is 2.65. The van der Waals surface area contributed by atoms with Gasteiger partial charge in [-0.3, -0.25) is 0 Å². The van der Waals surface area contributed by atoms with E-state index >= 15 is 0 Å². The molecule has 2 aromatic rings. The number of alkyl halides is 1. The second kappa shape index (κ2) is 4.26. The van der Waals surface area contributed by atoms with Crippen LogP contribution in [0.5, 0.6) is 0 Å². The highest BCUT2D eigenvalue weighted by molar-refractivity contribution is 5.22. The summed E-state index contributed by atoms with van der Waals surface area (Å²) in [5.74, 6) is 0. The first-order valence-electron chi connectivity index (χ1n) is 4.93. The number of hydrogen-bond donors (Lipinski definition) is 0. The summed E-state index contributed by atoms with van der Waals surface area (Å²) in [6, 6.07) is 7.60. The van der Waals surface area contributed by atoms with E-state index in [1.165, 1.54) is 5.56 Å². The second-order valence-corrected chi connectivity index (χ2v) is 3.70. The maximum absolute atomic E-state index is 12.3. The van der Waals surface area contributed by atoms with Crippen molar-refractivity contribution in [2.24, 2.45) is 7.05 Å². The minimum absolute atomic E-state index is 0.390. The molecule has 2 rings (SSSR count). The van der Waals surface area contributed by atoms with Gasteiger partial charge in [-0.2, -0.15) is 0 Å². The van der Waals surface area contributed by atoms with E-state index in [1.54, 1.807) is 0 Å². The van der Waals surface area contributed by atoms with Crippen LogP contribution in [-0.4, -0.2) is 4.57 Å². The summed E-state index contributed by atoms with van der Waals surface area (Å²) in [4.78, 5) is 0. The third-order valence-electron chi connectivity index (χ3n) is 2.37. The first-order chi connectivity index (χ1) is 7.28. The maximum atomic E-state index is 12.3. The quantitative estimate of drug-likeness (QED) is 0.676. The fourth-order valence-electron chi connectivity index (χ4n) is 1.54. The predicted octanol–water partition coefficient (Wildman–Crippen LogP) is 1.83. The number of rotatable bonds is 3. The molecule has 0 saturated carbocycles. The molecule has 0 aliphatic rings. The highest BCUT2D eigenvalue weighted by Crippen LogP contribution is 2.06. The Morgan fingerprint density at radius 1 is 1.20 bits per heavy atom. The van der Waals surface area contributed by atoms with Gasteiger partial charge in [-0.05, 0) is 11.1 Å². The molecule has 1 aromatic carbocycles. The molecular weight excluding hydrogens is 191 g/mol. The molecule has 0 saturated heterocycles. The lowest BCUT2D eigenvalue weighted by Gasteiger charge is -1.99. The fourth-order valence-corrected chi connectivity index (χ4v) is 1.54. The van der Waals surface area contributed by atoms with Gasteiger partial charge in [0, 0.05) is 0 Å². The van der Waals surface area contributed by atoms with Gasteiger partial charge in [-0.1, -0.05) is 24.3 Å². The van der Waals surface area contributed by atoms with E-state index in [4.69, 9.17) is 0 Å². The van der Waals surface area contributed by atoms with Gasteiger partial charge in [0.2, 0.25) is 6.33 Å². The van der Waals surface area contributed by atoms with Crippen LogP contribution in [0, 0.1) is 0 Å². The van der Waals surface area contributed by atoms with Gasteiger partial charge in [-0.15, -0.1) is 0 Å². The van der Waals surface area contributed by atoms with Crippen molar-refractivity contribution in [2.75, 3.05) is 0 Å². The molecule has 0 aliphatic heterocycles. The zero-order chi connectivity index (χ0) is 10.7. The molecule has 0 fully saturated rings. The standard InChI is InChI=1S/C12H14FN2/c1-14-6-7-15(10-14)9-12-4-2-11(8-13)3-5-12/h2-7,10H,8-9H2,1H3/q+1. The van der Waals surface area contributed by atoms with Crippen molar-refractivity contribution in [3.63, 3.8) is 0 Å². The van der Waals surface area contributed by atoms with Gasteiger partial charge in [0.1, 0.15) is 25.6 Å². The lowest BCUT2D eigenvalue weighted by Crippen LogP contribution is -2.23. The Labute approximate surface area is 88.6 Å². The van der Waals surface area contributed by atoms with Crippen molar-refractivity contribution in [3.8, 4) is 0 Å². The van der Waals surface area contributed by atoms with Gasteiger partial charge in [0.05, 0.1) is 7.05 Å². The lowest BCUT2D eigenvalue weighted by molar-refractivity contribution is -0.671. The van der Waals surface area contributed by atoms with Crippen LogP contribution in [0.15, 0.2) is 43.0 Å². The number of aryl methyl sites for hydroxylation is 1. The largest absolute Gasteiger partial charge is 0.246 e. The summed E-state index contributed by atoms with van der Waals surface area (Å²) in [5.41, 5.74) is 1.92. The molecule has 0 amide bonds. The first-order valence-corrected chi connectivity index (χ1v) is 4.93. The van der Waals surface area contributed by atoms with Gasteiger partial charge < -0.3 is 0 Å². The third-order valence-corrected chi connectivity index (χ3v) is 2.37. The van der Waals surface area contributed by atoms with E-state index in [9.17, 15) is 4.39 Å². The molecule has 0 aliphatic carbocycles. The maximum Gasteiger partial charge on any atom is 0.243 e. The number of halogens is 1. The Hall–Kier alpha value is -1.64. The Kier molecular flexibility index (Phi) is 2.81. The molecule has 0 radical (unpaired) electrons. The predicted molar refractivity (Wildman–Crippen MR) is 56.0 cm³/mol. The van der Waals surface area contributed by atoms with Crippen LogP contribution in [-0.2, 0) is 20.3 Å². The van der Waals surface area contributed by atoms with Crippen molar-refractivity contribution in [3.05, 3.63) is 54.1 Å². The number of benzene rings is 1. The molecule has 2 nitrogen and oxygen atoms in total. The van der Waals surface area contributed by atoms with Crippen LogP contribution in [0.2, 0.25) is 0 Å². The SMILES string of the molecule is C[n+]1ccn(Cc2ccc(CF)cc2)c1. The minimum Gasteiger partial charge on any atom is -0.246 e. The summed E-state index contributed by atoms with van der Waals surface area (Å²) in [5, 5.41) is 0. The van der Waals surface area contributed by atoms with E-state index in [2.05, 4.69) is 4.57 Å². The van der Waals surface area contributed by atoms with Crippen molar-refractivity contribution in [2.45, 2.75) is 13.2 Å². The zero-order valence-corrected chi connectivity index (χ0v) is 8.73. The van der Waals surface area contributed by atoms with Crippen LogP contribution in [0.4, 0.5) is 4.39 Å². The molecule has 3 heteroatoms. The number of imidazole rings is 1. The van der Waals surface area contributed by atoms with Crippen LogP contribution >= 0.6 is 0 Å². The van der Waals surface area contributed by atoms with E-state index < -0.39 is 6.67 Å². The van der Waals surface area contributed by atoms with E-state index in [-0.39, 0.29) is 0 Å². The summed E-state index contributed by atoms with van der Waals surface area (Å²) in [7, 11) is 1.99. The van der Waals surface area contributed by atoms with E-state index in [1.807, 2.05) is 54.6 Å². The Bertz CT molecular complexity index is 431. The molecule has 1 aromatic heterocycles. The molecular formula is C12H14FN2+. The zero-order valence-electron chi connectivity index (χ0n) is 8.73.